The summed E-state index contributed by atoms with van der Waals surface area (Å²) < 4.78 is 10.6. The average molecular weight is 527 g/mol. The molecule has 164 valence electrons. The summed E-state index contributed by atoms with van der Waals surface area (Å²) in [5, 5.41) is 3.19. The van der Waals surface area contributed by atoms with Crippen molar-refractivity contribution in [1.29, 1.82) is 0 Å². The normalized spacial score (nSPS) is 14.7. The lowest BCUT2D eigenvalue weighted by Gasteiger charge is -2.34. The lowest BCUT2D eigenvalue weighted by atomic mass is 10.2. The first kappa shape index (κ1) is 23.9. The van der Waals surface area contributed by atoms with Crippen molar-refractivity contribution in [1.82, 2.24) is 20.2 Å². The molecule has 1 aromatic heterocycles. The molecule has 1 fully saturated rings. The summed E-state index contributed by atoms with van der Waals surface area (Å²) in [5.41, 5.74) is 7.01. The predicted octanol–water partition coefficient (Wildman–Crippen LogP) is 1.34. The number of hydrogen-bond donors (Lipinski definition) is 2. The Bertz CT molecular complexity index is 799. The smallest absolute Gasteiger partial charge is 0.225 e. The summed E-state index contributed by atoms with van der Waals surface area (Å²) >= 11 is 0. The van der Waals surface area contributed by atoms with Crippen LogP contribution in [0.25, 0.3) is 0 Å². The quantitative estimate of drug-likeness (QED) is 0.302. The number of hydrogen-bond acceptors (Lipinski definition) is 7. The third-order valence-corrected chi connectivity index (χ3v) is 4.82. The SMILES string of the molecule is COc1ccc(CN=C(N)NCCN2CCN(c3ncccn3)CC2)cc1OC.I. The highest BCUT2D eigenvalue weighted by Crippen LogP contribution is 2.27. The highest BCUT2D eigenvalue weighted by molar-refractivity contribution is 14.0. The fourth-order valence-electron chi connectivity index (χ4n) is 3.18. The lowest BCUT2D eigenvalue weighted by molar-refractivity contribution is 0.260. The van der Waals surface area contributed by atoms with E-state index in [2.05, 4.69) is 30.1 Å². The Morgan fingerprint density at radius 3 is 2.47 bits per heavy atom. The van der Waals surface area contributed by atoms with Gasteiger partial charge in [-0.05, 0) is 23.8 Å². The molecule has 0 atom stereocenters. The molecule has 0 unspecified atom stereocenters. The van der Waals surface area contributed by atoms with E-state index in [0.29, 0.717) is 24.0 Å². The highest BCUT2D eigenvalue weighted by atomic mass is 127. The molecule has 1 aliphatic heterocycles. The van der Waals surface area contributed by atoms with Gasteiger partial charge in [0.05, 0.1) is 20.8 Å². The molecule has 10 heteroatoms. The highest BCUT2D eigenvalue weighted by Gasteiger charge is 2.18. The molecule has 30 heavy (non-hydrogen) atoms. The van der Waals surface area contributed by atoms with Crippen LogP contribution in [-0.4, -0.2) is 74.3 Å². The molecule has 1 aliphatic rings. The number of anilines is 1. The maximum absolute atomic E-state index is 6.00. The fourth-order valence-corrected chi connectivity index (χ4v) is 3.18. The first-order chi connectivity index (χ1) is 14.2. The summed E-state index contributed by atoms with van der Waals surface area (Å²) in [6.07, 6.45) is 3.56. The summed E-state index contributed by atoms with van der Waals surface area (Å²) in [6, 6.07) is 7.57. The van der Waals surface area contributed by atoms with E-state index in [0.717, 1.165) is 50.8 Å². The van der Waals surface area contributed by atoms with Crippen molar-refractivity contribution in [2.75, 3.05) is 58.4 Å². The predicted molar refractivity (Wildman–Crippen MR) is 129 cm³/mol. The van der Waals surface area contributed by atoms with Crippen molar-refractivity contribution in [3.8, 4) is 11.5 Å². The Morgan fingerprint density at radius 2 is 1.80 bits per heavy atom. The third-order valence-electron chi connectivity index (χ3n) is 4.82. The van der Waals surface area contributed by atoms with Gasteiger partial charge in [-0.25, -0.2) is 15.0 Å². The Balaban J connectivity index is 0.00000320. The van der Waals surface area contributed by atoms with Crippen LogP contribution < -0.4 is 25.4 Å². The molecular formula is C20H30IN7O2. The number of guanidine groups is 1. The molecule has 0 bridgehead atoms. The van der Waals surface area contributed by atoms with Crippen molar-refractivity contribution in [3.05, 3.63) is 42.2 Å². The second-order valence-corrected chi connectivity index (χ2v) is 6.70. The zero-order valence-electron chi connectivity index (χ0n) is 17.5. The first-order valence-electron chi connectivity index (χ1n) is 9.68. The molecule has 9 nitrogen and oxygen atoms in total. The second kappa shape index (κ2) is 12.4. The zero-order valence-corrected chi connectivity index (χ0v) is 19.8. The van der Waals surface area contributed by atoms with Crippen molar-refractivity contribution >= 4 is 35.9 Å². The van der Waals surface area contributed by atoms with E-state index in [1.54, 1.807) is 26.6 Å². The Morgan fingerprint density at radius 1 is 1.10 bits per heavy atom. The summed E-state index contributed by atoms with van der Waals surface area (Å²) in [7, 11) is 3.24. The van der Waals surface area contributed by atoms with E-state index in [-0.39, 0.29) is 24.0 Å². The minimum absolute atomic E-state index is 0. The third kappa shape index (κ3) is 6.87. The zero-order chi connectivity index (χ0) is 20.5. The molecule has 1 aromatic carbocycles. The summed E-state index contributed by atoms with van der Waals surface area (Å²) in [5.74, 6) is 2.63. The summed E-state index contributed by atoms with van der Waals surface area (Å²) in [6.45, 7) is 5.94. The molecule has 0 amide bonds. The molecule has 2 heterocycles. The number of benzene rings is 1. The van der Waals surface area contributed by atoms with E-state index in [1.165, 1.54) is 0 Å². The van der Waals surface area contributed by atoms with Gasteiger partial charge in [-0.1, -0.05) is 6.07 Å². The van der Waals surface area contributed by atoms with Gasteiger partial charge >= 0.3 is 0 Å². The lowest BCUT2D eigenvalue weighted by Crippen LogP contribution is -2.49. The molecule has 0 spiro atoms. The fraction of sp³-hybridized carbons (Fsp3) is 0.450. The topological polar surface area (TPSA) is 101 Å². The summed E-state index contributed by atoms with van der Waals surface area (Å²) in [4.78, 5) is 17.6. The van der Waals surface area contributed by atoms with E-state index >= 15 is 0 Å². The minimum Gasteiger partial charge on any atom is -0.493 e. The first-order valence-corrected chi connectivity index (χ1v) is 9.68. The van der Waals surface area contributed by atoms with Crippen molar-refractivity contribution < 1.29 is 9.47 Å². The maximum atomic E-state index is 6.00. The number of methoxy groups -OCH3 is 2. The van der Waals surface area contributed by atoms with Gasteiger partial charge in [-0.15, -0.1) is 24.0 Å². The van der Waals surface area contributed by atoms with Gasteiger partial charge in [0.1, 0.15) is 0 Å². The maximum Gasteiger partial charge on any atom is 0.225 e. The van der Waals surface area contributed by atoms with Gasteiger partial charge in [-0.2, -0.15) is 0 Å². The van der Waals surface area contributed by atoms with Crippen LogP contribution in [0.4, 0.5) is 5.95 Å². The number of ether oxygens (including phenoxy) is 2. The molecule has 0 aliphatic carbocycles. The van der Waals surface area contributed by atoms with Gasteiger partial charge in [-0.3, -0.25) is 4.90 Å². The van der Waals surface area contributed by atoms with Crippen LogP contribution in [0.15, 0.2) is 41.7 Å². The van der Waals surface area contributed by atoms with Crippen LogP contribution in [0.5, 0.6) is 11.5 Å². The number of halogens is 1. The van der Waals surface area contributed by atoms with E-state index in [9.17, 15) is 0 Å². The Hall–Kier alpha value is -2.34. The van der Waals surface area contributed by atoms with Gasteiger partial charge in [0.2, 0.25) is 5.95 Å². The minimum atomic E-state index is 0. The number of nitrogens with zero attached hydrogens (tertiary/aromatic N) is 5. The molecule has 3 rings (SSSR count). The van der Waals surface area contributed by atoms with Crippen LogP contribution in [-0.2, 0) is 6.54 Å². The number of aromatic nitrogens is 2. The molecule has 3 N–H and O–H groups in total. The molecule has 2 aromatic rings. The molecule has 0 saturated carbocycles. The van der Waals surface area contributed by atoms with Crippen LogP contribution in [0, 0.1) is 0 Å². The van der Waals surface area contributed by atoms with Crippen LogP contribution in [0.1, 0.15) is 5.56 Å². The van der Waals surface area contributed by atoms with Crippen molar-refractivity contribution in [3.63, 3.8) is 0 Å². The van der Waals surface area contributed by atoms with Crippen LogP contribution >= 0.6 is 24.0 Å². The number of aliphatic imine (C=N–C) groups is 1. The number of rotatable bonds is 8. The Labute approximate surface area is 194 Å². The van der Waals surface area contributed by atoms with Crippen LogP contribution in [0.2, 0.25) is 0 Å². The van der Waals surface area contributed by atoms with Gasteiger partial charge in [0.25, 0.3) is 0 Å². The van der Waals surface area contributed by atoms with E-state index in [1.807, 2.05) is 24.3 Å². The van der Waals surface area contributed by atoms with Crippen LogP contribution in [0.3, 0.4) is 0 Å². The molecule has 0 radical (unpaired) electrons. The Kier molecular flexibility index (Phi) is 9.87. The molecule has 1 saturated heterocycles. The largest absolute Gasteiger partial charge is 0.493 e. The molecular weight excluding hydrogens is 497 g/mol. The van der Waals surface area contributed by atoms with E-state index in [4.69, 9.17) is 15.2 Å². The standard InChI is InChI=1S/C20H29N7O2.HI/c1-28-17-5-4-16(14-18(17)29-2)15-25-19(21)22-8-9-26-10-12-27(13-11-26)20-23-6-3-7-24-20;/h3-7,14H,8-13,15H2,1-2H3,(H3,21,22,25);1H. The number of nitrogens with one attached hydrogen (secondary N) is 1. The number of nitrogens with two attached hydrogens (primary N) is 1. The van der Waals surface area contributed by atoms with Gasteiger partial charge < -0.3 is 25.4 Å². The number of piperazine rings is 1. The van der Waals surface area contributed by atoms with E-state index < -0.39 is 0 Å². The van der Waals surface area contributed by atoms with Crippen molar-refractivity contribution in [2.45, 2.75) is 6.54 Å². The van der Waals surface area contributed by atoms with Gasteiger partial charge in [0, 0.05) is 51.7 Å². The van der Waals surface area contributed by atoms with Gasteiger partial charge in [0.15, 0.2) is 17.5 Å². The monoisotopic (exact) mass is 527 g/mol. The second-order valence-electron chi connectivity index (χ2n) is 6.70. The average Bonchev–Trinajstić information content (AvgIpc) is 2.78. The van der Waals surface area contributed by atoms with Crippen molar-refractivity contribution in [2.24, 2.45) is 10.7 Å².